The molecule has 0 spiro atoms. The number of benzene rings is 2. The molecule has 0 radical (unpaired) electrons. The summed E-state index contributed by atoms with van der Waals surface area (Å²) >= 11 is 0. The first-order valence-electron chi connectivity index (χ1n) is 12.1. The number of rotatable bonds is 9. The quantitative estimate of drug-likeness (QED) is 0.493. The molecule has 0 bridgehead atoms. The monoisotopic (exact) mass is 531 g/mol. The van der Waals surface area contributed by atoms with Crippen molar-refractivity contribution in [1.29, 1.82) is 0 Å². The van der Waals surface area contributed by atoms with Crippen molar-refractivity contribution in [3.63, 3.8) is 0 Å². The van der Waals surface area contributed by atoms with Gasteiger partial charge in [-0.05, 0) is 54.8 Å². The molecule has 0 aliphatic carbocycles. The van der Waals surface area contributed by atoms with Crippen LogP contribution in [0.3, 0.4) is 0 Å². The van der Waals surface area contributed by atoms with Crippen LogP contribution in [0.5, 0.6) is 17.2 Å². The van der Waals surface area contributed by atoms with E-state index in [-0.39, 0.29) is 4.90 Å². The Morgan fingerprint density at radius 2 is 1.59 bits per heavy atom. The van der Waals surface area contributed by atoms with E-state index >= 15 is 0 Å². The van der Waals surface area contributed by atoms with Crippen molar-refractivity contribution in [2.24, 2.45) is 0 Å². The minimum atomic E-state index is -3.71. The lowest BCUT2D eigenvalue weighted by Crippen LogP contribution is -2.40. The van der Waals surface area contributed by atoms with Crippen LogP contribution in [0.25, 0.3) is 6.08 Å². The molecule has 0 saturated carbocycles. The van der Waals surface area contributed by atoms with Crippen molar-refractivity contribution in [3.8, 4) is 17.2 Å². The van der Waals surface area contributed by atoms with E-state index < -0.39 is 15.9 Å². The van der Waals surface area contributed by atoms with E-state index in [4.69, 9.17) is 18.9 Å². The molecule has 2 fully saturated rings. The number of nitrogens with zero attached hydrogens (tertiary/aromatic N) is 2. The van der Waals surface area contributed by atoms with Gasteiger partial charge in [0.1, 0.15) is 0 Å². The van der Waals surface area contributed by atoms with Gasteiger partial charge in [-0.2, -0.15) is 4.31 Å². The Morgan fingerprint density at radius 3 is 2.19 bits per heavy atom. The number of carbonyl (C=O) groups excluding carboxylic acids is 1. The molecule has 2 aliphatic rings. The normalized spacial score (nSPS) is 16.7. The zero-order chi connectivity index (χ0) is 26.4. The number of methoxy groups -OCH3 is 3. The minimum absolute atomic E-state index is 0.140. The Kier molecular flexibility index (Phi) is 8.57. The summed E-state index contributed by atoms with van der Waals surface area (Å²) < 4.78 is 49.3. The Labute approximate surface area is 217 Å². The number of amides is 1. The van der Waals surface area contributed by atoms with Gasteiger partial charge in [-0.3, -0.25) is 4.79 Å². The second kappa shape index (κ2) is 11.8. The summed E-state index contributed by atoms with van der Waals surface area (Å²) in [6.07, 6.45) is 5.10. The van der Waals surface area contributed by atoms with E-state index in [1.165, 1.54) is 31.7 Å². The Morgan fingerprint density at radius 1 is 0.946 bits per heavy atom. The molecule has 2 saturated heterocycles. The van der Waals surface area contributed by atoms with Crippen LogP contribution >= 0.6 is 0 Å². The van der Waals surface area contributed by atoms with E-state index in [0.29, 0.717) is 54.8 Å². The van der Waals surface area contributed by atoms with E-state index in [0.717, 1.165) is 31.6 Å². The first-order chi connectivity index (χ1) is 17.9. The highest BCUT2D eigenvalue weighted by molar-refractivity contribution is 7.89. The van der Waals surface area contributed by atoms with E-state index in [1.54, 1.807) is 36.4 Å². The van der Waals surface area contributed by atoms with Crippen LogP contribution in [0.4, 0.5) is 11.4 Å². The maximum absolute atomic E-state index is 13.2. The average molecular weight is 532 g/mol. The maximum atomic E-state index is 13.2. The van der Waals surface area contributed by atoms with Crippen LogP contribution in [0.2, 0.25) is 0 Å². The fourth-order valence-corrected chi connectivity index (χ4v) is 5.92. The van der Waals surface area contributed by atoms with E-state index in [2.05, 4.69) is 10.2 Å². The highest BCUT2D eigenvalue weighted by Crippen LogP contribution is 2.38. The highest BCUT2D eigenvalue weighted by Gasteiger charge is 2.28. The van der Waals surface area contributed by atoms with Gasteiger partial charge < -0.3 is 29.2 Å². The lowest BCUT2D eigenvalue weighted by atomic mass is 10.1. The SMILES string of the molecule is COc1cc(/C=C/C(=O)Nc2cc(S(=O)(=O)N3CCOCC3)ccc2N2CCCC2)cc(OC)c1OC. The standard InChI is InChI=1S/C26H33N3O7S/c1-33-23-16-19(17-24(34-2)26(23)35-3)6-9-25(30)27-21-18-20(7-8-22(21)28-10-4-5-11-28)37(31,32)29-12-14-36-15-13-29/h6-9,16-18H,4-5,10-15H2,1-3H3,(H,27,30)/b9-6+. The third kappa shape index (κ3) is 6.00. The Hall–Kier alpha value is -3.28. The van der Waals surface area contributed by atoms with Crippen molar-refractivity contribution in [2.75, 3.05) is 70.9 Å². The van der Waals surface area contributed by atoms with Gasteiger partial charge >= 0.3 is 0 Å². The lowest BCUT2D eigenvalue weighted by Gasteiger charge is -2.27. The van der Waals surface area contributed by atoms with Gasteiger partial charge in [0.05, 0.1) is 50.8 Å². The molecule has 2 aliphatic heterocycles. The van der Waals surface area contributed by atoms with Crippen LogP contribution < -0.4 is 24.4 Å². The molecule has 200 valence electrons. The largest absolute Gasteiger partial charge is 0.493 e. The number of sulfonamides is 1. The highest BCUT2D eigenvalue weighted by atomic mass is 32.2. The first kappa shape index (κ1) is 26.8. The molecule has 0 atom stereocenters. The van der Waals surface area contributed by atoms with Crippen molar-refractivity contribution in [3.05, 3.63) is 42.0 Å². The van der Waals surface area contributed by atoms with Crippen molar-refractivity contribution >= 4 is 33.4 Å². The van der Waals surface area contributed by atoms with Crippen molar-refractivity contribution < 1.29 is 32.2 Å². The zero-order valence-electron chi connectivity index (χ0n) is 21.4. The topological polar surface area (TPSA) is 107 Å². The van der Waals surface area contributed by atoms with Crippen LogP contribution in [-0.2, 0) is 19.6 Å². The van der Waals surface area contributed by atoms with Gasteiger partial charge in [0.25, 0.3) is 0 Å². The summed E-state index contributed by atoms with van der Waals surface area (Å²) in [5.74, 6) is 1.01. The summed E-state index contributed by atoms with van der Waals surface area (Å²) in [6.45, 7) is 3.02. The molecule has 2 heterocycles. The fourth-order valence-electron chi connectivity index (χ4n) is 4.49. The van der Waals surface area contributed by atoms with Gasteiger partial charge in [-0.1, -0.05) is 0 Å². The van der Waals surface area contributed by atoms with E-state index in [1.807, 2.05) is 0 Å². The minimum Gasteiger partial charge on any atom is -0.493 e. The molecule has 37 heavy (non-hydrogen) atoms. The Bertz CT molecular complexity index is 1230. The Balaban J connectivity index is 1.60. The molecular weight excluding hydrogens is 498 g/mol. The summed E-state index contributed by atoms with van der Waals surface area (Å²) in [6, 6.07) is 8.40. The first-order valence-corrected chi connectivity index (χ1v) is 13.6. The molecule has 4 rings (SSSR count). The summed E-state index contributed by atoms with van der Waals surface area (Å²) in [4.78, 5) is 15.3. The zero-order valence-corrected chi connectivity index (χ0v) is 22.2. The number of morpholine rings is 1. The molecule has 0 unspecified atom stereocenters. The number of carbonyl (C=O) groups is 1. The number of nitrogens with one attached hydrogen (secondary N) is 1. The van der Waals surface area contributed by atoms with Gasteiger partial charge in [-0.25, -0.2) is 8.42 Å². The molecule has 10 nitrogen and oxygen atoms in total. The summed E-state index contributed by atoms with van der Waals surface area (Å²) in [5.41, 5.74) is 1.93. The molecule has 1 amide bonds. The summed E-state index contributed by atoms with van der Waals surface area (Å²) in [5, 5.41) is 2.89. The number of hydrogen-bond donors (Lipinski definition) is 1. The molecule has 2 aromatic rings. The number of hydrogen-bond acceptors (Lipinski definition) is 8. The van der Waals surface area contributed by atoms with Crippen LogP contribution in [-0.4, -0.2) is 79.4 Å². The van der Waals surface area contributed by atoms with E-state index in [9.17, 15) is 13.2 Å². The second-order valence-electron chi connectivity index (χ2n) is 8.67. The van der Waals surface area contributed by atoms with Crippen LogP contribution in [0.1, 0.15) is 18.4 Å². The van der Waals surface area contributed by atoms with Gasteiger partial charge in [0, 0.05) is 32.3 Å². The molecule has 1 N–H and O–H groups in total. The average Bonchev–Trinajstić information content (AvgIpc) is 3.46. The maximum Gasteiger partial charge on any atom is 0.248 e. The van der Waals surface area contributed by atoms with Gasteiger partial charge in [-0.15, -0.1) is 0 Å². The summed E-state index contributed by atoms with van der Waals surface area (Å²) in [7, 11) is 0.857. The van der Waals surface area contributed by atoms with Crippen molar-refractivity contribution in [2.45, 2.75) is 17.7 Å². The van der Waals surface area contributed by atoms with Crippen LogP contribution in [0, 0.1) is 0 Å². The number of anilines is 2. The van der Waals surface area contributed by atoms with Gasteiger partial charge in [0.15, 0.2) is 11.5 Å². The third-order valence-electron chi connectivity index (χ3n) is 6.39. The van der Waals surface area contributed by atoms with Crippen molar-refractivity contribution in [1.82, 2.24) is 4.31 Å². The van der Waals surface area contributed by atoms with Gasteiger partial charge in [0.2, 0.25) is 21.7 Å². The second-order valence-corrected chi connectivity index (χ2v) is 10.6. The number of ether oxygens (including phenoxy) is 4. The van der Waals surface area contributed by atoms with Crippen LogP contribution in [0.15, 0.2) is 41.3 Å². The molecule has 0 aromatic heterocycles. The lowest BCUT2D eigenvalue weighted by molar-refractivity contribution is -0.111. The fraction of sp³-hybridized carbons (Fsp3) is 0.423. The predicted molar refractivity (Wildman–Crippen MR) is 141 cm³/mol. The smallest absolute Gasteiger partial charge is 0.248 e. The molecule has 2 aromatic carbocycles. The molecule has 11 heteroatoms. The molecular formula is C26H33N3O7S. The third-order valence-corrected chi connectivity index (χ3v) is 8.29. The predicted octanol–water partition coefficient (Wildman–Crippen LogP) is 2.99.